The van der Waals surface area contributed by atoms with Gasteiger partial charge in [-0.1, -0.05) is 6.08 Å². The van der Waals surface area contributed by atoms with Crippen LogP contribution >= 0.6 is 0 Å². The summed E-state index contributed by atoms with van der Waals surface area (Å²) in [6.07, 6.45) is 2.74. The number of nitrogens with one attached hydrogen (secondary N) is 2. The topological polar surface area (TPSA) is 83.8 Å². The molecule has 1 atom stereocenters. The van der Waals surface area contributed by atoms with Crippen LogP contribution in [0.15, 0.2) is 35.6 Å². The number of hydrogen-bond donors (Lipinski definition) is 2. The predicted octanol–water partition coefficient (Wildman–Crippen LogP) is 2.96. The number of aryl methyl sites for hydroxylation is 1. The number of H-pyrrole nitrogens is 1. The third kappa shape index (κ3) is 2.76. The highest BCUT2D eigenvalue weighted by molar-refractivity contribution is 6.03. The van der Waals surface area contributed by atoms with Gasteiger partial charge in [-0.2, -0.15) is 13.2 Å². The first-order chi connectivity index (χ1) is 13.5. The van der Waals surface area contributed by atoms with E-state index in [1.54, 1.807) is 6.20 Å². The molecule has 2 aliphatic rings. The number of halogens is 3. The zero-order chi connectivity index (χ0) is 19.3. The number of rotatable bonds is 2. The number of allylic oxidation sites excluding steroid dienone is 1. The van der Waals surface area contributed by atoms with Crippen LogP contribution < -0.4 is 5.43 Å². The van der Waals surface area contributed by atoms with Crippen LogP contribution in [0.4, 0.5) is 13.2 Å². The summed E-state index contributed by atoms with van der Waals surface area (Å²) in [7, 11) is 0. The van der Waals surface area contributed by atoms with E-state index in [1.807, 2.05) is 24.4 Å². The Labute approximate surface area is 157 Å². The molecular formula is C18H16F3N7. The van der Waals surface area contributed by atoms with Gasteiger partial charge in [-0.25, -0.2) is 9.66 Å². The van der Waals surface area contributed by atoms with Crippen LogP contribution in [-0.4, -0.2) is 43.1 Å². The van der Waals surface area contributed by atoms with Crippen LogP contribution in [0.5, 0.6) is 0 Å². The highest BCUT2D eigenvalue weighted by atomic mass is 19.4. The average molecular weight is 387 g/mol. The maximum absolute atomic E-state index is 13.2. The normalized spacial score (nSPS) is 19.8. The number of fused-ring (bicyclic) bond motifs is 2. The van der Waals surface area contributed by atoms with E-state index in [2.05, 4.69) is 30.6 Å². The van der Waals surface area contributed by atoms with Crippen LogP contribution in [-0.2, 0) is 12.6 Å². The molecule has 0 saturated carbocycles. The molecule has 0 radical (unpaired) electrons. The molecule has 10 heteroatoms. The van der Waals surface area contributed by atoms with Gasteiger partial charge in [0.1, 0.15) is 5.65 Å². The van der Waals surface area contributed by atoms with Gasteiger partial charge in [0.15, 0.2) is 5.82 Å². The van der Waals surface area contributed by atoms with E-state index < -0.39 is 12.0 Å². The summed E-state index contributed by atoms with van der Waals surface area (Å²) in [5.41, 5.74) is 6.70. The molecule has 2 aliphatic heterocycles. The molecule has 7 nitrogen and oxygen atoms in total. The third-order valence-corrected chi connectivity index (χ3v) is 5.13. The molecule has 2 N–H and O–H groups in total. The van der Waals surface area contributed by atoms with Crippen molar-refractivity contribution >= 4 is 22.3 Å². The maximum atomic E-state index is 13.2. The van der Waals surface area contributed by atoms with Crippen LogP contribution in [0.1, 0.15) is 30.1 Å². The second-order valence-electron chi connectivity index (χ2n) is 6.83. The molecule has 0 aliphatic carbocycles. The molecule has 0 bridgehead atoms. The minimum absolute atomic E-state index is 0.290. The van der Waals surface area contributed by atoms with Gasteiger partial charge in [-0.05, 0) is 24.1 Å². The van der Waals surface area contributed by atoms with E-state index in [9.17, 15) is 13.2 Å². The summed E-state index contributed by atoms with van der Waals surface area (Å²) < 4.78 is 40.5. The van der Waals surface area contributed by atoms with Crippen LogP contribution in [0.3, 0.4) is 0 Å². The second-order valence-corrected chi connectivity index (χ2v) is 6.83. The fourth-order valence-electron chi connectivity index (χ4n) is 3.79. The Hall–Kier alpha value is -3.17. The number of hydrogen-bond acceptors (Lipinski definition) is 5. The Morgan fingerprint density at radius 2 is 2.11 bits per heavy atom. The molecule has 1 unspecified atom stereocenters. The number of aliphatic imine (C=N–C) groups is 1. The van der Waals surface area contributed by atoms with Crippen molar-refractivity contribution in [2.45, 2.75) is 31.5 Å². The van der Waals surface area contributed by atoms with Crippen molar-refractivity contribution in [3.63, 3.8) is 0 Å². The first kappa shape index (κ1) is 17.0. The molecule has 0 amide bonds. The minimum atomic E-state index is -4.56. The smallest absolute Gasteiger partial charge is 0.346 e. The minimum Gasteiger partial charge on any atom is -0.346 e. The number of dihydropyridines is 1. The summed E-state index contributed by atoms with van der Waals surface area (Å²) in [5, 5.41) is 7.98. The summed E-state index contributed by atoms with van der Waals surface area (Å²) in [6.45, 7) is 0.497. The van der Waals surface area contributed by atoms with Gasteiger partial charge in [-0.15, -0.1) is 10.2 Å². The van der Waals surface area contributed by atoms with Gasteiger partial charge in [0, 0.05) is 41.9 Å². The molecule has 0 saturated heterocycles. The van der Waals surface area contributed by atoms with Gasteiger partial charge in [0.05, 0.1) is 12.6 Å². The van der Waals surface area contributed by atoms with Gasteiger partial charge >= 0.3 is 6.18 Å². The third-order valence-electron chi connectivity index (χ3n) is 5.13. The quantitative estimate of drug-likeness (QED) is 0.708. The van der Waals surface area contributed by atoms with Crippen molar-refractivity contribution in [3.05, 3.63) is 47.8 Å². The lowest BCUT2D eigenvalue weighted by Crippen LogP contribution is -2.42. The predicted molar refractivity (Wildman–Crippen MR) is 97.5 cm³/mol. The van der Waals surface area contributed by atoms with Gasteiger partial charge < -0.3 is 10.4 Å². The first-order valence-electron chi connectivity index (χ1n) is 8.93. The van der Waals surface area contributed by atoms with E-state index in [4.69, 9.17) is 0 Å². The molecule has 0 fully saturated rings. The fourth-order valence-corrected chi connectivity index (χ4v) is 3.79. The van der Waals surface area contributed by atoms with Crippen molar-refractivity contribution < 1.29 is 13.2 Å². The van der Waals surface area contributed by atoms with Crippen molar-refractivity contribution in [3.8, 4) is 0 Å². The highest BCUT2D eigenvalue weighted by Gasteiger charge is 2.40. The van der Waals surface area contributed by atoms with Crippen molar-refractivity contribution in [1.29, 1.82) is 0 Å². The van der Waals surface area contributed by atoms with E-state index >= 15 is 0 Å². The summed E-state index contributed by atoms with van der Waals surface area (Å²) in [5.74, 6) is -0.736. The van der Waals surface area contributed by atoms with Crippen LogP contribution in [0.25, 0.3) is 16.6 Å². The Bertz CT molecular complexity index is 1110. The van der Waals surface area contributed by atoms with Gasteiger partial charge in [0.25, 0.3) is 5.82 Å². The Morgan fingerprint density at radius 1 is 1.21 bits per heavy atom. The monoisotopic (exact) mass is 387 g/mol. The molecule has 28 heavy (non-hydrogen) atoms. The van der Waals surface area contributed by atoms with Gasteiger partial charge in [-0.3, -0.25) is 4.99 Å². The van der Waals surface area contributed by atoms with E-state index in [-0.39, 0.29) is 6.04 Å². The molecular weight excluding hydrogens is 371 g/mol. The largest absolute Gasteiger partial charge is 0.453 e. The summed E-state index contributed by atoms with van der Waals surface area (Å²) in [6, 6.07) is 3.59. The number of aromatic amines is 1. The first-order valence-corrected chi connectivity index (χ1v) is 8.93. The molecule has 144 valence electrons. The maximum Gasteiger partial charge on any atom is 0.453 e. The van der Waals surface area contributed by atoms with E-state index in [0.29, 0.717) is 31.6 Å². The molecule has 3 aromatic rings. The zero-order valence-corrected chi connectivity index (χ0v) is 14.7. The number of nitrogens with zero attached hydrogens (tertiary/aromatic N) is 5. The molecule has 5 heterocycles. The Kier molecular flexibility index (Phi) is 3.74. The molecule has 5 rings (SSSR count). The Morgan fingerprint density at radius 3 is 2.96 bits per heavy atom. The lowest BCUT2D eigenvalue weighted by atomic mass is 9.92. The van der Waals surface area contributed by atoms with Gasteiger partial charge in [0.2, 0.25) is 0 Å². The lowest BCUT2D eigenvalue weighted by Gasteiger charge is -2.29. The van der Waals surface area contributed by atoms with Crippen molar-refractivity contribution in [2.75, 3.05) is 12.0 Å². The fraction of sp³-hybridized carbons (Fsp3) is 0.333. The van der Waals surface area contributed by atoms with Crippen molar-refractivity contribution in [1.82, 2.24) is 24.8 Å². The lowest BCUT2D eigenvalue weighted by molar-refractivity contribution is -0.147. The average Bonchev–Trinajstić information content (AvgIpc) is 3.31. The van der Waals surface area contributed by atoms with Crippen LogP contribution in [0, 0.1) is 0 Å². The van der Waals surface area contributed by atoms with E-state index in [1.165, 1.54) is 0 Å². The second kappa shape index (κ2) is 6.18. The SMILES string of the molecule is FC(F)(F)c1nnc2n1NC(C1=NCC=C(c3c[nH]c4ncccc34)C1)CC2. The summed E-state index contributed by atoms with van der Waals surface area (Å²) in [4.78, 5) is 12.0. The highest BCUT2D eigenvalue weighted by Crippen LogP contribution is 2.32. The number of alkyl halides is 3. The number of pyridine rings is 1. The Balaban J connectivity index is 1.40. The summed E-state index contributed by atoms with van der Waals surface area (Å²) >= 11 is 0. The standard InChI is InChI=1S/C18H16F3N7/c19-18(20,21)17-26-25-15-4-3-13(27-28(15)17)14-8-10(5-7-22-14)12-9-24-16-11(12)2-1-6-23-16/h1-2,5-6,9,13,27H,3-4,7-8H2,(H,23,24). The number of aromatic nitrogens is 5. The molecule has 0 aromatic carbocycles. The molecule has 0 spiro atoms. The zero-order valence-electron chi connectivity index (χ0n) is 14.7. The molecule has 3 aromatic heterocycles. The van der Waals surface area contributed by atoms with E-state index in [0.717, 1.165) is 32.6 Å². The van der Waals surface area contributed by atoms with Crippen molar-refractivity contribution in [2.24, 2.45) is 4.99 Å². The van der Waals surface area contributed by atoms with Crippen LogP contribution in [0.2, 0.25) is 0 Å².